The molecule has 0 saturated heterocycles. The van der Waals surface area contributed by atoms with Gasteiger partial charge in [0.25, 0.3) is 5.91 Å². The quantitative estimate of drug-likeness (QED) is 0.517. The van der Waals surface area contributed by atoms with Crippen molar-refractivity contribution in [2.24, 2.45) is 0 Å². The maximum absolute atomic E-state index is 12.9. The summed E-state index contributed by atoms with van der Waals surface area (Å²) in [6.45, 7) is 0.540. The highest BCUT2D eigenvalue weighted by molar-refractivity contribution is 7.89. The Morgan fingerprint density at radius 3 is 2.63 bits per heavy atom. The summed E-state index contributed by atoms with van der Waals surface area (Å²) in [6.07, 6.45) is 3.23. The summed E-state index contributed by atoms with van der Waals surface area (Å²) in [5.41, 5.74) is 5.24. The van der Waals surface area contributed by atoms with Crippen molar-refractivity contribution in [2.75, 3.05) is 17.7 Å². The highest BCUT2D eigenvalue weighted by Gasteiger charge is 2.18. The normalized spacial score (nSPS) is 13.1. The Bertz CT molecular complexity index is 1170. The van der Waals surface area contributed by atoms with Crippen molar-refractivity contribution in [3.63, 3.8) is 0 Å². The Balaban J connectivity index is 1.60. The number of hydrogen-bond acceptors (Lipinski definition) is 5. The van der Waals surface area contributed by atoms with Crippen LogP contribution in [0.2, 0.25) is 0 Å². The Kier molecular flexibility index (Phi) is 5.90. The molecule has 0 unspecified atom stereocenters. The summed E-state index contributed by atoms with van der Waals surface area (Å²) in [7, 11) is -2.35. The van der Waals surface area contributed by atoms with E-state index in [2.05, 4.69) is 15.4 Å². The van der Waals surface area contributed by atoms with E-state index in [1.807, 2.05) is 35.0 Å². The van der Waals surface area contributed by atoms with Gasteiger partial charge in [0.2, 0.25) is 10.0 Å². The lowest BCUT2D eigenvalue weighted by Crippen LogP contribution is -2.20. The minimum atomic E-state index is -3.70. The summed E-state index contributed by atoms with van der Waals surface area (Å²) in [4.78, 5) is 13.0. The number of amides is 1. The molecule has 30 heavy (non-hydrogen) atoms. The minimum Gasteiger partial charge on any atom is -0.381 e. The summed E-state index contributed by atoms with van der Waals surface area (Å²) in [5.74, 6) is -0.348. The zero-order valence-corrected chi connectivity index (χ0v) is 18.2. The smallest absolute Gasteiger partial charge is 0.255 e. The molecule has 3 aromatic rings. The Hall–Kier alpha value is -2.68. The van der Waals surface area contributed by atoms with Gasteiger partial charge in [-0.25, -0.2) is 13.1 Å². The number of thiophene rings is 1. The van der Waals surface area contributed by atoms with E-state index < -0.39 is 10.0 Å². The number of benzene rings is 2. The Morgan fingerprint density at radius 1 is 1.03 bits per heavy atom. The second-order valence-corrected chi connectivity index (χ2v) is 9.90. The SMILES string of the molecule is CNS(=O)(=O)c1cc(NCc2ccsc2)cc(C(=O)Nc2ccc3c(c2)CCC3)c1. The van der Waals surface area contributed by atoms with Crippen molar-refractivity contribution in [2.45, 2.75) is 30.7 Å². The van der Waals surface area contributed by atoms with Crippen LogP contribution in [0.25, 0.3) is 0 Å². The Labute approximate surface area is 180 Å². The van der Waals surface area contributed by atoms with Crippen molar-refractivity contribution in [1.82, 2.24) is 4.72 Å². The highest BCUT2D eigenvalue weighted by atomic mass is 32.2. The fourth-order valence-corrected chi connectivity index (χ4v) is 5.02. The number of anilines is 2. The van der Waals surface area contributed by atoms with Crippen LogP contribution in [0.15, 0.2) is 58.1 Å². The molecule has 0 fully saturated rings. The molecule has 0 bridgehead atoms. The molecule has 0 spiro atoms. The van der Waals surface area contributed by atoms with Gasteiger partial charge in [0, 0.05) is 23.5 Å². The van der Waals surface area contributed by atoms with E-state index in [9.17, 15) is 13.2 Å². The summed E-state index contributed by atoms with van der Waals surface area (Å²) in [6, 6.07) is 12.5. The number of carbonyl (C=O) groups excluding carboxylic acids is 1. The molecule has 0 radical (unpaired) electrons. The topological polar surface area (TPSA) is 87.3 Å². The van der Waals surface area contributed by atoms with Crippen LogP contribution >= 0.6 is 11.3 Å². The van der Waals surface area contributed by atoms with Gasteiger partial charge in [-0.3, -0.25) is 4.79 Å². The van der Waals surface area contributed by atoms with Crippen molar-refractivity contribution in [3.8, 4) is 0 Å². The van der Waals surface area contributed by atoms with Gasteiger partial charge in [0.05, 0.1) is 4.90 Å². The third-order valence-corrected chi connectivity index (χ3v) is 7.31. The maximum Gasteiger partial charge on any atom is 0.255 e. The van der Waals surface area contributed by atoms with Gasteiger partial charge >= 0.3 is 0 Å². The molecule has 0 atom stereocenters. The van der Waals surface area contributed by atoms with E-state index >= 15 is 0 Å². The van der Waals surface area contributed by atoms with E-state index in [1.165, 1.54) is 30.3 Å². The summed E-state index contributed by atoms with van der Waals surface area (Å²) >= 11 is 1.59. The van der Waals surface area contributed by atoms with Gasteiger partial charge in [-0.15, -0.1) is 0 Å². The molecule has 0 saturated carbocycles. The monoisotopic (exact) mass is 441 g/mol. The lowest BCUT2D eigenvalue weighted by atomic mass is 10.1. The number of aryl methyl sites for hydroxylation is 2. The van der Waals surface area contributed by atoms with Gasteiger partial charge < -0.3 is 10.6 Å². The average Bonchev–Trinajstić information content (AvgIpc) is 3.43. The molecule has 156 valence electrons. The van der Waals surface area contributed by atoms with Gasteiger partial charge in [0.15, 0.2) is 0 Å². The third-order valence-electron chi connectivity index (χ3n) is 5.18. The van der Waals surface area contributed by atoms with E-state index in [0.717, 1.165) is 30.5 Å². The molecule has 1 aromatic heterocycles. The second kappa shape index (κ2) is 8.59. The van der Waals surface area contributed by atoms with Crippen molar-refractivity contribution in [1.29, 1.82) is 0 Å². The molecule has 2 aromatic carbocycles. The lowest BCUT2D eigenvalue weighted by Gasteiger charge is -2.13. The first-order chi connectivity index (χ1) is 14.4. The molecule has 0 aliphatic heterocycles. The summed E-state index contributed by atoms with van der Waals surface area (Å²) in [5, 5.41) is 10.1. The average molecular weight is 442 g/mol. The number of fused-ring (bicyclic) bond motifs is 1. The van der Waals surface area contributed by atoms with Gasteiger partial charge in [-0.1, -0.05) is 6.07 Å². The van der Waals surface area contributed by atoms with Crippen LogP contribution in [-0.4, -0.2) is 21.4 Å². The van der Waals surface area contributed by atoms with Crippen LogP contribution in [0.5, 0.6) is 0 Å². The highest BCUT2D eigenvalue weighted by Crippen LogP contribution is 2.26. The second-order valence-electron chi connectivity index (χ2n) is 7.23. The predicted octanol–water partition coefficient (Wildman–Crippen LogP) is 4.01. The Morgan fingerprint density at radius 2 is 1.87 bits per heavy atom. The van der Waals surface area contributed by atoms with Gasteiger partial charge in [0.1, 0.15) is 0 Å². The van der Waals surface area contributed by atoms with Gasteiger partial charge in [-0.2, -0.15) is 11.3 Å². The van der Waals surface area contributed by atoms with Crippen molar-refractivity contribution >= 4 is 38.6 Å². The zero-order chi connectivity index (χ0) is 21.1. The molecular weight excluding hydrogens is 418 g/mol. The molecule has 1 aliphatic carbocycles. The lowest BCUT2D eigenvalue weighted by molar-refractivity contribution is 0.102. The van der Waals surface area contributed by atoms with Crippen molar-refractivity contribution < 1.29 is 13.2 Å². The predicted molar refractivity (Wildman–Crippen MR) is 121 cm³/mol. The van der Waals surface area contributed by atoms with Crippen LogP contribution < -0.4 is 15.4 Å². The van der Waals surface area contributed by atoms with Crippen LogP contribution in [0.4, 0.5) is 11.4 Å². The first-order valence-electron chi connectivity index (χ1n) is 9.71. The number of rotatable bonds is 7. The third kappa shape index (κ3) is 4.56. The van der Waals surface area contributed by atoms with E-state index in [-0.39, 0.29) is 16.4 Å². The van der Waals surface area contributed by atoms with Crippen LogP contribution in [0.3, 0.4) is 0 Å². The van der Waals surface area contributed by atoms with Gasteiger partial charge in [-0.05, 0) is 90.2 Å². The standard InChI is InChI=1S/C22H23N3O3S2/c1-23-30(27,28)21-11-18(10-20(12-21)24-13-15-7-8-29-14-15)22(26)25-19-6-5-16-3-2-4-17(16)9-19/h5-12,14,23-24H,2-4,13H2,1H3,(H,25,26). The molecule has 3 N–H and O–H groups in total. The molecule has 4 rings (SSSR count). The summed E-state index contributed by atoms with van der Waals surface area (Å²) < 4.78 is 27.1. The maximum atomic E-state index is 12.9. The molecule has 1 aliphatic rings. The number of carbonyl (C=O) groups is 1. The van der Waals surface area contributed by atoms with Crippen LogP contribution in [-0.2, 0) is 29.4 Å². The largest absolute Gasteiger partial charge is 0.381 e. The zero-order valence-electron chi connectivity index (χ0n) is 16.6. The number of sulfonamides is 1. The van der Waals surface area contributed by atoms with Crippen LogP contribution in [0.1, 0.15) is 33.5 Å². The fourth-order valence-electron chi connectivity index (χ4n) is 3.56. The van der Waals surface area contributed by atoms with Crippen LogP contribution in [0, 0.1) is 0 Å². The molecule has 1 amide bonds. The number of nitrogens with one attached hydrogen (secondary N) is 3. The van der Waals surface area contributed by atoms with E-state index in [4.69, 9.17) is 0 Å². The first-order valence-corrected chi connectivity index (χ1v) is 12.1. The minimum absolute atomic E-state index is 0.0411. The molecule has 6 nitrogen and oxygen atoms in total. The molecule has 1 heterocycles. The first kappa shape index (κ1) is 20.6. The van der Waals surface area contributed by atoms with E-state index in [0.29, 0.717) is 12.2 Å². The fraction of sp³-hybridized carbons (Fsp3) is 0.227. The van der Waals surface area contributed by atoms with E-state index in [1.54, 1.807) is 17.4 Å². The molecular formula is C22H23N3O3S2. The van der Waals surface area contributed by atoms with Crippen molar-refractivity contribution in [3.05, 3.63) is 75.5 Å². The molecule has 8 heteroatoms. The number of hydrogen-bond donors (Lipinski definition) is 3.